The van der Waals surface area contributed by atoms with Gasteiger partial charge in [0.1, 0.15) is 5.82 Å². The van der Waals surface area contributed by atoms with Crippen LogP contribution in [0, 0.1) is 0 Å². The van der Waals surface area contributed by atoms with Crippen LogP contribution in [0.2, 0.25) is 0 Å². The van der Waals surface area contributed by atoms with Crippen LogP contribution >= 0.6 is 0 Å². The number of anilines is 2. The van der Waals surface area contributed by atoms with Gasteiger partial charge in [-0.25, -0.2) is 4.98 Å². The van der Waals surface area contributed by atoms with E-state index in [1.165, 1.54) is 0 Å². The highest BCUT2D eigenvalue weighted by Crippen LogP contribution is 2.13. The molecule has 0 aliphatic rings. The number of nitrogens with zero attached hydrogens (tertiary/aromatic N) is 2. The minimum Gasteiger partial charge on any atom is -0.481 e. The summed E-state index contributed by atoms with van der Waals surface area (Å²) in [6.45, 7) is 0. The summed E-state index contributed by atoms with van der Waals surface area (Å²) in [4.78, 5) is 38.1. The van der Waals surface area contributed by atoms with Crippen molar-refractivity contribution in [2.24, 2.45) is 5.73 Å². The highest BCUT2D eigenvalue weighted by atomic mass is 16.4. The molecule has 8 N–H and O–H groups in total. The molecule has 1 amide bonds. The molecule has 0 spiro atoms. The van der Waals surface area contributed by atoms with E-state index < -0.39 is 17.8 Å². The van der Waals surface area contributed by atoms with Gasteiger partial charge in [-0.2, -0.15) is 4.98 Å². The molecule has 10 nitrogen and oxygen atoms in total. The Morgan fingerprint density at radius 1 is 0.929 bits per heavy atom. The lowest BCUT2D eigenvalue weighted by atomic mass is 10.0. The van der Waals surface area contributed by atoms with E-state index in [2.05, 4.69) is 9.97 Å². The number of aromatic nitrogens is 2. The van der Waals surface area contributed by atoms with Gasteiger partial charge in [0.05, 0.1) is 12.8 Å². The molecule has 1 heterocycles. The number of benzene rings is 1. The van der Waals surface area contributed by atoms with Gasteiger partial charge in [0.2, 0.25) is 11.9 Å². The van der Waals surface area contributed by atoms with Crippen molar-refractivity contribution >= 4 is 29.6 Å². The molecule has 0 fully saturated rings. The summed E-state index contributed by atoms with van der Waals surface area (Å²) < 4.78 is 0. The minimum absolute atomic E-state index is 0.188. The van der Waals surface area contributed by atoms with Gasteiger partial charge < -0.3 is 27.4 Å². The molecule has 1 aromatic heterocycles. The van der Waals surface area contributed by atoms with Crippen LogP contribution in [0.25, 0.3) is 0 Å². The van der Waals surface area contributed by atoms with E-state index in [4.69, 9.17) is 27.4 Å². The lowest BCUT2D eigenvalue weighted by Gasteiger charge is -2.05. The Morgan fingerprint density at radius 3 is 1.96 bits per heavy atom. The fourth-order valence-corrected chi connectivity index (χ4v) is 2.16. The monoisotopic (exact) mass is 389 g/mol. The number of hydrogen-bond acceptors (Lipinski definition) is 7. The Hall–Kier alpha value is -3.69. The second-order valence-corrected chi connectivity index (χ2v) is 5.84. The predicted molar refractivity (Wildman–Crippen MR) is 102 cm³/mol. The second kappa shape index (κ2) is 11.1. The maximum atomic E-state index is 11.0. The lowest BCUT2D eigenvalue weighted by Crippen LogP contribution is -2.10. The average molecular weight is 389 g/mol. The molecule has 0 atom stereocenters. The summed E-state index contributed by atoms with van der Waals surface area (Å²) >= 11 is 0. The number of rotatable bonds is 8. The zero-order valence-electron chi connectivity index (χ0n) is 15.2. The first-order chi connectivity index (χ1) is 13.2. The number of aryl methyl sites for hydroxylation is 2. The summed E-state index contributed by atoms with van der Waals surface area (Å²) in [7, 11) is 0. The van der Waals surface area contributed by atoms with Crippen molar-refractivity contribution in [3.63, 3.8) is 0 Å². The molecule has 10 heteroatoms. The third-order valence-corrected chi connectivity index (χ3v) is 3.62. The van der Waals surface area contributed by atoms with Gasteiger partial charge in [-0.1, -0.05) is 12.1 Å². The van der Waals surface area contributed by atoms with Crippen LogP contribution < -0.4 is 17.2 Å². The topological polar surface area (TPSA) is 196 Å². The fourth-order valence-electron chi connectivity index (χ4n) is 2.16. The van der Waals surface area contributed by atoms with Crippen molar-refractivity contribution in [2.45, 2.75) is 32.1 Å². The molecule has 0 saturated heterocycles. The smallest absolute Gasteiger partial charge is 0.303 e. The maximum absolute atomic E-state index is 11.0. The summed E-state index contributed by atoms with van der Waals surface area (Å²) in [6.07, 6.45) is 3.64. The van der Waals surface area contributed by atoms with Crippen molar-refractivity contribution in [3.8, 4) is 0 Å². The van der Waals surface area contributed by atoms with Crippen molar-refractivity contribution < 1.29 is 24.6 Å². The number of carbonyl (C=O) groups is 3. The SMILES string of the molecule is NC(=O)c1ccc(CCCc2cnc(N)nc2N)cc1.O=C(O)CCC(=O)O. The molecule has 2 aromatic rings. The molecule has 0 aliphatic carbocycles. The van der Waals surface area contributed by atoms with Crippen LogP contribution in [-0.2, 0) is 22.4 Å². The first-order valence-electron chi connectivity index (χ1n) is 8.38. The lowest BCUT2D eigenvalue weighted by molar-refractivity contribution is -0.143. The Bertz CT molecular complexity index is 810. The third kappa shape index (κ3) is 8.61. The summed E-state index contributed by atoms with van der Waals surface area (Å²) in [5.41, 5.74) is 19.0. The van der Waals surface area contributed by atoms with Gasteiger partial charge in [0.25, 0.3) is 0 Å². The van der Waals surface area contributed by atoms with Crippen molar-refractivity contribution in [1.82, 2.24) is 9.97 Å². The number of carboxylic acid groups (broad SMARTS) is 2. The quantitative estimate of drug-likeness (QED) is 0.434. The van der Waals surface area contributed by atoms with Gasteiger partial charge >= 0.3 is 11.9 Å². The second-order valence-electron chi connectivity index (χ2n) is 5.84. The maximum Gasteiger partial charge on any atom is 0.303 e. The standard InChI is InChI=1S/C14H17N5O.C4H6O4/c15-12-11(8-18-14(17)19-12)3-1-2-9-4-6-10(7-5-9)13(16)20;5-3(6)1-2-4(7)8/h4-8H,1-3H2,(H2,16,20)(H4,15,17,18,19);1-2H2,(H,5,6)(H,7,8). The van der Waals surface area contributed by atoms with Gasteiger partial charge in [-0.15, -0.1) is 0 Å². The van der Waals surface area contributed by atoms with Crippen LogP contribution in [0.5, 0.6) is 0 Å². The fraction of sp³-hybridized carbons (Fsp3) is 0.278. The largest absolute Gasteiger partial charge is 0.481 e. The molecule has 0 bridgehead atoms. The number of nitrogens with two attached hydrogens (primary N) is 3. The van der Waals surface area contributed by atoms with Gasteiger partial charge in [0.15, 0.2) is 0 Å². The average Bonchev–Trinajstić information content (AvgIpc) is 2.63. The van der Waals surface area contributed by atoms with Gasteiger partial charge in [0, 0.05) is 17.3 Å². The zero-order chi connectivity index (χ0) is 21.1. The third-order valence-electron chi connectivity index (χ3n) is 3.62. The van der Waals surface area contributed by atoms with Gasteiger partial charge in [-0.05, 0) is 37.0 Å². The number of carboxylic acids is 2. The Kier molecular flexibility index (Phi) is 8.87. The van der Waals surface area contributed by atoms with E-state index in [1.807, 2.05) is 12.1 Å². The van der Waals surface area contributed by atoms with E-state index in [0.29, 0.717) is 11.4 Å². The van der Waals surface area contributed by atoms with Crippen LogP contribution in [0.1, 0.15) is 40.7 Å². The number of hydrogen-bond donors (Lipinski definition) is 5. The molecule has 150 valence electrons. The van der Waals surface area contributed by atoms with Gasteiger partial charge in [-0.3, -0.25) is 14.4 Å². The molecule has 1 aromatic carbocycles. The van der Waals surface area contributed by atoms with Crippen molar-refractivity contribution in [3.05, 3.63) is 47.2 Å². The molecular weight excluding hydrogens is 366 g/mol. The van der Waals surface area contributed by atoms with E-state index in [1.54, 1.807) is 18.3 Å². The van der Waals surface area contributed by atoms with Crippen molar-refractivity contribution in [1.29, 1.82) is 0 Å². The molecule has 0 radical (unpaired) electrons. The first-order valence-corrected chi connectivity index (χ1v) is 8.38. The zero-order valence-corrected chi connectivity index (χ0v) is 15.2. The normalized spacial score (nSPS) is 9.86. The Morgan fingerprint density at radius 2 is 1.50 bits per heavy atom. The number of carbonyl (C=O) groups excluding carboxylic acids is 1. The van der Waals surface area contributed by atoms with E-state index in [0.717, 1.165) is 30.4 Å². The van der Waals surface area contributed by atoms with Crippen LogP contribution in [0.15, 0.2) is 30.5 Å². The Labute approximate surface area is 161 Å². The van der Waals surface area contributed by atoms with E-state index in [-0.39, 0.29) is 18.8 Å². The first kappa shape index (κ1) is 22.4. The van der Waals surface area contributed by atoms with Crippen LogP contribution in [0.3, 0.4) is 0 Å². The number of amides is 1. The number of aliphatic carboxylic acids is 2. The van der Waals surface area contributed by atoms with E-state index >= 15 is 0 Å². The van der Waals surface area contributed by atoms with E-state index in [9.17, 15) is 14.4 Å². The minimum atomic E-state index is -1.08. The Balaban J connectivity index is 0.000000416. The summed E-state index contributed by atoms with van der Waals surface area (Å²) in [5.74, 6) is -1.95. The molecule has 0 saturated carbocycles. The predicted octanol–water partition coefficient (Wildman–Crippen LogP) is 0.851. The summed E-state index contributed by atoms with van der Waals surface area (Å²) in [6, 6.07) is 7.28. The molecular formula is C18H23N5O5. The molecule has 0 aliphatic heterocycles. The highest BCUT2D eigenvalue weighted by Gasteiger charge is 2.04. The van der Waals surface area contributed by atoms with Crippen molar-refractivity contribution in [2.75, 3.05) is 11.5 Å². The highest BCUT2D eigenvalue weighted by molar-refractivity contribution is 5.92. The molecule has 0 unspecified atom stereocenters. The number of primary amides is 1. The van der Waals surface area contributed by atoms with Crippen LogP contribution in [0.4, 0.5) is 11.8 Å². The molecule has 28 heavy (non-hydrogen) atoms. The number of nitrogen functional groups attached to an aromatic ring is 2. The van der Waals surface area contributed by atoms with Crippen LogP contribution in [-0.4, -0.2) is 38.0 Å². The summed E-state index contributed by atoms with van der Waals surface area (Å²) in [5, 5.41) is 15.8. The molecule has 2 rings (SSSR count).